The van der Waals surface area contributed by atoms with Gasteiger partial charge in [0.25, 0.3) is 5.56 Å². The lowest BCUT2D eigenvalue weighted by Crippen LogP contribution is -2.47. The smallest absolute Gasteiger partial charge is 0.263 e. The van der Waals surface area contributed by atoms with Crippen LogP contribution < -0.4 is 10.9 Å². The Labute approximate surface area is 187 Å². The monoisotopic (exact) mass is 427 g/mol. The first-order valence-corrected chi connectivity index (χ1v) is 11.8. The zero-order valence-electron chi connectivity index (χ0n) is 18.5. The predicted molar refractivity (Wildman–Crippen MR) is 126 cm³/mol. The molecule has 164 valence electrons. The number of carbonyl (C=O) groups is 1. The summed E-state index contributed by atoms with van der Waals surface area (Å²) in [5.41, 5.74) is 2.59. The lowest BCUT2D eigenvalue weighted by molar-refractivity contribution is -0.124. The normalized spacial score (nSPS) is 28.2. The molecule has 32 heavy (non-hydrogen) atoms. The molecule has 4 aliphatic rings. The molecule has 1 amide bonds. The fourth-order valence-corrected chi connectivity index (χ4v) is 7.33. The van der Waals surface area contributed by atoms with E-state index in [4.69, 9.17) is 0 Å². The van der Waals surface area contributed by atoms with E-state index in [1.165, 1.54) is 38.5 Å². The Morgan fingerprint density at radius 2 is 1.78 bits per heavy atom. The summed E-state index contributed by atoms with van der Waals surface area (Å²) in [6.45, 7) is 1.97. The van der Waals surface area contributed by atoms with Crippen molar-refractivity contribution in [1.82, 2.24) is 9.55 Å². The van der Waals surface area contributed by atoms with Gasteiger partial charge in [0.1, 0.15) is 0 Å². The topological polar surface area (TPSA) is 64.0 Å². The van der Waals surface area contributed by atoms with Crippen molar-refractivity contribution in [2.45, 2.75) is 51.9 Å². The Balaban J connectivity index is 1.28. The molecule has 5 nitrogen and oxygen atoms in total. The highest BCUT2D eigenvalue weighted by Gasteiger charge is 2.51. The Morgan fingerprint density at radius 1 is 1.06 bits per heavy atom. The van der Waals surface area contributed by atoms with E-state index in [-0.39, 0.29) is 16.9 Å². The summed E-state index contributed by atoms with van der Waals surface area (Å²) >= 11 is 0. The van der Waals surface area contributed by atoms with Crippen LogP contribution in [0.1, 0.15) is 50.5 Å². The number of anilines is 1. The molecule has 1 aromatic carbocycles. The maximum absolute atomic E-state index is 13.2. The fraction of sp³-hybridized carbons (Fsp3) is 0.444. The molecule has 4 saturated carbocycles. The molecule has 0 saturated heterocycles. The highest BCUT2D eigenvalue weighted by Crippen LogP contribution is 2.61. The van der Waals surface area contributed by atoms with Crippen LogP contribution in [0.15, 0.2) is 53.7 Å². The van der Waals surface area contributed by atoms with Crippen LogP contribution in [0.4, 0.5) is 5.69 Å². The van der Waals surface area contributed by atoms with Crippen molar-refractivity contribution < 1.29 is 4.79 Å². The van der Waals surface area contributed by atoms with Crippen LogP contribution in [0.5, 0.6) is 0 Å². The molecule has 3 aromatic rings. The van der Waals surface area contributed by atoms with E-state index in [1.807, 2.05) is 37.3 Å². The van der Waals surface area contributed by atoms with Gasteiger partial charge in [-0.3, -0.25) is 19.1 Å². The van der Waals surface area contributed by atoms with Gasteiger partial charge in [0, 0.05) is 35.3 Å². The van der Waals surface area contributed by atoms with Crippen LogP contribution in [-0.2, 0) is 4.79 Å². The molecule has 0 aliphatic heterocycles. The highest BCUT2D eigenvalue weighted by molar-refractivity contribution is 6.02. The van der Waals surface area contributed by atoms with E-state index < -0.39 is 0 Å². The molecule has 4 aliphatic carbocycles. The number of hydrogen-bond donors (Lipinski definition) is 1. The van der Waals surface area contributed by atoms with E-state index in [9.17, 15) is 9.59 Å². The molecule has 4 fully saturated rings. The van der Waals surface area contributed by atoms with Gasteiger partial charge < -0.3 is 5.32 Å². The Bertz CT molecular complexity index is 1240. The molecule has 0 spiro atoms. The maximum atomic E-state index is 13.2. The molecular formula is C27H29N3O2. The summed E-state index contributed by atoms with van der Waals surface area (Å²) in [5.74, 6) is 2.59. The summed E-state index contributed by atoms with van der Waals surface area (Å²) in [6, 6.07) is 9.40. The van der Waals surface area contributed by atoms with Crippen molar-refractivity contribution in [2.24, 2.45) is 23.2 Å². The third kappa shape index (κ3) is 3.26. The highest BCUT2D eigenvalue weighted by atomic mass is 16.1. The summed E-state index contributed by atoms with van der Waals surface area (Å²) in [4.78, 5) is 30.6. The van der Waals surface area contributed by atoms with Gasteiger partial charge >= 0.3 is 0 Å². The lowest BCUT2D eigenvalue weighted by atomic mass is 9.49. The van der Waals surface area contributed by atoms with Gasteiger partial charge in [-0.05, 0) is 98.4 Å². The van der Waals surface area contributed by atoms with Gasteiger partial charge in [-0.15, -0.1) is 0 Å². The van der Waals surface area contributed by atoms with Crippen LogP contribution in [0.25, 0.3) is 16.5 Å². The van der Waals surface area contributed by atoms with Gasteiger partial charge in [0.2, 0.25) is 5.91 Å². The number of aromatic nitrogens is 2. The third-order valence-electron chi connectivity index (χ3n) is 8.19. The lowest BCUT2D eigenvalue weighted by Gasteiger charge is -2.56. The van der Waals surface area contributed by atoms with Crippen LogP contribution in [0.2, 0.25) is 0 Å². The van der Waals surface area contributed by atoms with E-state index in [1.54, 1.807) is 23.2 Å². The molecule has 7 rings (SSSR count). The Hall–Kier alpha value is -2.95. The molecule has 1 N–H and O–H groups in total. The van der Waals surface area contributed by atoms with Crippen molar-refractivity contribution in [3.8, 4) is 5.69 Å². The van der Waals surface area contributed by atoms with Crippen molar-refractivity contribution in [3.63, 3.8) is 0 Å². The SMILES string of the molecule is Cc1ccncc1-n1ccc2c(NC(=O)CC34CC5CC(CC(C5)C3)C4)cccc2c1=O. The summed E-state index contributed by atoms with van der Waals surface area (Å²) in [6.07, 6.45) is 13.6. The van der Waals surface area contributed by atoms with Crippen LogP contribution in [0, 0.1) is 30.1 Å². The molecule has 0 atom stereocenters. The minimum atomic E-state index is -0.101. The maximum Gasteiger partial charge on any atom is 0.263 e. The van der Waals surface area contributed by atoms with Crippen molar-refractivity contribution >= 4 is 22.4 Å². The number of amides is 1. The molecule has 2 aromatic heterocycles. The number of fused-ring (bicyclic) bond motifs is 1. The van der Waals surface area contributed by atoms with E-state index in [0.29, 0.717) is 11.8 Å². The number of nitrogens with one attached hydrogen (secondary N) is 1. The summed E-state index contributed by atoms with van der Waals surface area (Å²) < 4.78 is 1.63. The number of hydrogen-bond acceptors (Lipinski definition) is 3. The molecule has 0 unspecified atom stereocenters. The third-order valence-corrected chi connectivity index (χ3v) is 8.19. The molecular weight excluding hydrogens is 398 g/mol. The van der Waals surface area contributed by atoms with Gasteiger partial charge in [0.05, 0.1) is 11.9 Å². The van der Waals surface area contributed by atoms with Crippen LogP contribution in [-0.4, -0.2) is 15.5 Å². The molecule has 0 radical (unpaired) electrons. The minimum Gasteiger partial charge on any atom is -0.325 e. The van der Waals surface area contributed by atoms with Gasteiger partial charge in [-0.2, -0.15) is 0 Å². The van der Waals surface area contributed by atoms with Crippen LogP contribution >= 0.6 is 0 Å². The number of benzene rings is 1. The number of aryl methyl sites for hydroxylation is 1. The van der Waals surface area contributed by atoms with Gasteiger partial charge in [-0.25, -0.2) is 0 Å². The first kappa shape index (κ1) is 19.7. The first-order chi connectivity index (χ1) is 15.5. The second-order valence-corrected chi connectivity index (χ2v) is 10.6. The molecule has 2 heterocycles. The zero-order chi connectivity index (χ0) is 21.9. The number of pyridine rings is 2. The average molecular weight is 428 g/mol. The zero-order valence-corrected chi connectivity index (χ0v) is 18.5. The Kier molecular flexibility index (Phi) is 4.49. The van der Waals surface area contributed by atoms with Crippen molar-refractivity contribution in [3.05, 3.63) is 64.8 Å². The second-order valence-electron chi connectivity index (χ2n) is 10.6. The number of carbonyl (C=O) groups excluding carboxylic acids is 1. The summed E-state index contributed by atoms with van der Waals surface area (Å²) in [7, 11) is 0. The first-order valence-electron chi connectivity index (χ1n) is 11.8. The molecule has 5 heteroatoms. The van der Waals surface area contributed by atoms with Gasteiger partial charge in [0.15, 0.2) is 0 Å². The number of nitrogens with zero attached hydrogens (tertiary/aromatic N) is 2. The van der Waals surface area contributed by atoms with Crippen molar-refractivity contribution in [2.75, 3.05) is 5.32 Å². The van der Waals surface area contributed by atoms with Crippen molar-refractivity contribution in [1.29, 1.82) is 0 Å². The number of rotatable bonds is 4. The second kappa shape index (κ2) is 7.29. The quantitative estimate of drug-likeness (QED) is 0.619. The van der Waals surface area contributed by atoms with Gasteiger partial charge in [-0.1, -0.05) is 6.07 Å². The average Bonchev–Trinajstić information content (AvgIpc) is 2.74. The fourth-order valence-electron chi connectivity index (χ4n) is 7.33. The predicted octanol–water partition coefficient (Wildman–Crippen LogP) is 5.24. The largest absolute Gasteiger partial charge is 0.325 e. The summed E-state index contributed by atoms with van der Waals surface area (Å²) in [5, 5.41) is 4.54. The minimum absolute atomic E-state index is 0.0896. The van der Waals surface area contributed by atoms with Crippen LogP contribution in [0.3, 0.4) is 0 Å². The van der Waals surface area contributed by atoms with E-state index in [2.05, 4.69) is 10.3 Å². The Morgan fingerprint density at radius 3 is 2.47 bits per heavy atom. The van der Waals surface area contributed by atoms with E-state index in [0.717, 1.165) is 40.1 Å². The van der Waals surface area contributed by atoms with E-state index >= 15 is 0 Å². The standard InChI is InChI=1S/C27H29N3O2/c1-17-5-7-28-16-24(17)30-8-6-21-22(26(30)32)3-2-4-23(21)29-25(31)15-27-12-18-9-19(13-27)11-20(10-18)14-27/h2-8,16,18-20H,9-15H2,1H3,(H,29,31). The molecule has 4 bridgehead atoms.